The molecule has 0 spiro atoms. The van der Waals surface area contributed by atoms with Gasteiger partial charge in [-0.3, -0.25) is 9.40 Å². The lowest BCUT2D eigenvalue weighted by molar-refractivity contribution is 0.601. The van der Waals surface area contributed by atoms with E-state index in [0.29, 0.717) is 12.2 Å². The standard InChI is InChI=1S/C17H16BrN3O2S/c1-13-2-8-17(9-3-13)24(22,23)20-16-10-19-21(12-16)11-14-4-6-15(18)7-5-14/h2-10,12,20H,11H2,1H3. The van der Waals surface area contributed by atoms with E-state index in [1.807, 2.05) is 31.2 Å². The van der Waals surface area contributed by atoms with Gasteiger partial charge in [0.2, 0.25) is 0 Å². The van der Waals surface area contributed by atoms with E-state index in [2.05, 4.69) is 25.8 Å². The average Bonchev–Trinajstić information content (AvgIpc) is 2.96. The maximum Gasteiger partial charge on any atom is 0.261 e. The van der Waals surface area contributed by atoms with E-state index in [4.69, 9.17) is 0 Å². The lowest BCUT2D eigenvalue weighted by Gasteiger charge is -2.06. The monoisotopic (exact) mass is 405 g/mol. The van der Waals surface area contributed by atoms with Crippen molar-refractivity contribution in [2.45, 2.75) is 18.4 Å². The first-order valence-electron chi connectivity index (χ1n) is 7.29. The number of rotatable bonds is 5. The summed E-state index contributed by atoms with van der Waals surface area (Å²) in [5.74, 6) is 0. The molecule has 124 valence electrons. The van der Waals surface area contributed by atoms with Crippen molar-refractivity contribution >= 4 is 31.6 Å². The van der Waals surface area contributed by atoms with Crippen LogP contribution in [0.15, 0.2) is 70.3 Å². The van der Waals surface area contributed by atoms with Crippen LogP contribution in [0.5, 0.6) is 0 Å². The molecule has 0 saturated carbocycles. The molecule has 24 heavy (non-hydrogen) atoms. The molecule has 1 heterocycles. The van der Waals surface area contributed by atoms with Gasteiger partial charge in [0, 0.05) is 10.7 Å². The van der Waals surface area contributed by atoms with Crippen LogP contribution >= 0.6 is 15.9 Å². The Balaban J connectivity index is 1.73. The fourth-order valence-electron chi connectivity index (χ4n) is 2.21. The molecular weight excluding hydrogens is 390 g/mol. The molecule has 7 heteroatoms. The van der Waals surface area contributed by atoms with Gasteiger partial charge in [-0.1, -0.05) is 45.8 Å². The number of halogens is 1. The second-order valence-electron chi connectivity index (χ2n) is 5.47. The van der Waals surface area contributed by atoms with Crippen LogP contribution < -0.4 is 4.72 Å². The van der Waals surface area contributed by atoms with Gasteiger partial charge in [-0.05, 0) is 36.8 Å². The lowest BCUT2D eigenvalue weighted by Crippen LogP contribution is -2.12. The SMILES string of the molecule is Cc1ccc(S(=O)(=O)Nc2cnn(Cc3ccc(Br)cc3)c2)cc1. The zero-order valence-electron chi connectivity index (χ0n) is 13.0. The topological polar surface area (TPSA) is 64.0 Å². The maximum atomic E-state index is 12.4. The highest BCUT2D eigenvalue weighted by atomic mass is 79.9. The quantitative estimate of drug-likeness (QED) is 0.701. The van der Waals surface area contributed by atoms with Crippen molar-refractivity contribution in [2.24, 2.45) is 0 Å². The maximum absolute atomic E-state index is 12.4. The molecule has 0 fully saturated rings. The van der Waals surface area contributed by atoms with E-state index in [-0.39, 0.29) is 4.90 Å². The van der Waals surface area contributed by atoms with Crippen molar-refractivity contribution in [1.82, 2.24) is 9.78 Å². The van der Waals surface area contributed by atoms with Crippen molar-refractivity contribution in [3.05, 3.63) is 76.5 Å². The molecule has 1 N–H and O–H groups in total. The van der Waals surface area contributed by atoms with Crippen LogP contribution in [-0.4, -0.2) is 18.2 Å². The second-order valence-corrected chi connectivity index (χ2v) is 8.07. The Kier molecular flexibility index (Phi) is 4.73. The number of sulfonamides is 1. The Morgan fingerprint density at radius 3 is 2.42 bits per heavy atom. The Bertz CT molecular complexity index is 933. The smallest absolute Gasteiger partial charge is 0.261 e. The average molecular weight is 406 g/mol. The fraction of sp³-hybridized carbons (Fsp3) is 0.118. The number of aryl methyl sites for hydroxylation is 1. The van der Waals surface area contributed by atoms with E-state index in [0.717, 1.165) is 15.6 Å². The summed E-state index contributed by atoms with van der Waals surface area (Å²) < 4.78 is 30.0. The molecule has 0 bridgehead atoms. The summed E-state index contributed by atoms with van der Waals surface area (Å²) in [6.45, 7) is 2.48. The van der Waals surface area contributed by atoms with Gasteiger partial charge in [-0.15, -0.1) is 0 Å². The molecule has 0 aliphatic rings. The van der Waals surface area contributed by atoms with Gasteiger partial charge >= 0.3 is 0 Å². The summed E-state index contributed by atoms with van der Waals surface area (Å²) in [6, 6.07) is 14.6. The minimum Gasteiger partial charge on any atom is -0.276 e. The predicted molar refractivity (Wildman–Crippen MR) is 97.5 cm³/mol. The molecule has 0 unspecified atom stereocenters. The minimum atomic E-state index is -3.60. The largest absolute Gasteiger partial charge is 0.276 e. The molecular formula is C17H16BrN3O2S. The van der Waals surface area contributed by atoms with E-state index in [9.17, 15) is 8.42 Å². The van der Waals surface area contributed by atoms with Crippen LogP contribution in [0.1, 0.15) is 11.1 Å². The molecule has 0 saturated heterocycles. The Morgan fingerprint density at radius 1 is 1.08 bits per heavy atom. The molecule has 1 aromatic heterocycles. The number of nitrogens with one attached hydrogen (secondary N) is 1. The molecule has 3 rings (SSSR count). The lowest BCUT2D eigenvalue weighted by atomic mass is 10.2. The molecule has 0 amide bonds. The van der Waals surface area contributed by atoms with Gasteiger partial charge in [0.1, 0.15) is 0 Å². The van der Waals surface area contributed by atoms with Crippen LogP contribution in [0.2, 0.25) is 0 Å². The van der Waals surface area contributed by atoms with Crippen LogP contribution in [0.3, 0.4) is 0 Å². The zero-order valence-corrected chi connectivity index (χ0v) is 15.4. The third-order valence-corrected chi connectivity index (χ3v) is 5.40. The number of benzene rings is 2. The molecule has 0 radical (unpaired) electrons. The van der Waals surface area contributed by atoms with Crippen molar-refractivity contribution < 1.29 is 8.42 Å². The van der Waals surface area contributed by atoms with Gasteiger partial charge in [0.05, 0.1) is 23.3 Å². The first kappa shape index (κ1) is 16.7. The van der Waals surface area contributed by atoms with Crippen LogP contribution in [0.4, 0.5) is 5.69 Å². The number of nitrogens with zero attached hydrogens (tertiary/aromatic N) is 2. The van der Waals surface area contributed by atoms with Crippen molar-refractivity contribution in [2.75, 3.05) is 4.72 Å². The minimum absolute atomic E-state index is 0.230. The summed E-state index contributed by atoms with van der Waals surface area (Å²) >= 11 is 3.40. The Hall–Kier alpha value is -2.12. The molecule has 0 aliphatic heterocycles. The van der Waals surface area contributed by atoms with Gasteiger partial charge in [-0.25, -0.2) is 8.42 Å². The summed E-state index contributed by atoms with van der Waals surface area (Å²) in [6.07, 6.45) is 3.18. The second kappa shape index (κ2) is 6.78. The number of anilines is 1. The molecule has 3 aromatic rings. The molecule has 0 atom stereocenters. The Labute approximate surface area is 149 Å². The van der Waals surface area contributed by atoms with E-state index in [1.165, 1.54) is 6.20 Å². The molecule has 5 nitrogen and oxygen atoms in total. The van der Waals surface area contributed by atoms with Gasteiger partial charge in [0.25, 0.3) is 10.0 Å². The predicted octanol–water partition coefficient (Wildman–Crippen LogP) is 3.80. The van der Waals surface area contributed by atoms with Crippen molar-refractivity contribution in [1.29, 1.82) is 0 Å². The number of aromatic nitrogens is 2. The first-order valence-corrected chi connectivity index (χ1v) is 9.56. The summed E-state index contributed by atoms with van der Waals surface area (Å²) in [5.41, 5.74) is 2.53. The molecule has 2 aromatic carbocycles. The highest BCUT2D eigenvalue weighted by Crippen LogP contribution is 2.17. The van der Waals surface area contributed by atoms with Crippen LogP contribution in [0, 0.1) is 6.92 Å². The van der Waals surface area contributed by atoms with Crippen molar-refractivity contribution in [3.63, 3.8) is 0 Å². The normalized spacial score (nSPS) is 11.4. The molecule has 0 aliphatic carbocycles. The van der Waals surface area contributed by atoms with E-state index < -0.39 is 10.0 Å². The van der Waals surface area contributed by atoms with Gasteiger partial charge in [0.15, 0.2) is 0 Å². The van der Waals surface area contributed by atoms with Crippen molar-refractivity contribution in [3.8, 4) is 0 Å². The number of hydrogen-bond acceptors (Lipinski definition) is 3. The summed E-state index contributed by atoms with van der Waals surface area (Å²) in [4.78, 5) is 0.230. The third kappa shape index (κ3) is 4.04. The number of hydrogen-bond donors (Lipinski definition) is 1. The van der Waals surface area contributed by atoms with E-state index >= 15 is 0 Å². The first-order chi connectivity index (χ1) is 11.4. The summed E-state index contributed by atoms with van der Waals surface area (Å²) in [7, 11) is -3.60. The summed E-state index contributed by atoms with van der Waals surface area (Å²) in [5, 5.41) is 4.20. The Morgan fingerprint density at radius 2 is 1.75 bits per heavy atom. The van der Waals surface area contributed by atoms with Gasteiger partial charge < -0.3 is 0 Å². The third-order valence-electron chi connectivity index (χ3n) is 3.47. The highest BCUT2D eigenvalue weighted by Gasteiger charge is 2.14. The van der Waals surface area contributed by atoms with E-state index in [1.54, 1.807) is 35.1 Å². The zero-order chi connectivity index (χ0) is 17.2. The highest BCUT2D eigenvalue weighted by molar-refractivity contribution is 9.10. The fourth-order valence-corrected chi connectivity index (χ4v) is 3.50. The van der Waals surface area contributed by atoms with Crippen LogP contribution in [-0.2, 0) is 16.6 Å². The van der Waals surface area contributed by atoms with Crippen LogP contribution in [0.25, 0.3) is 0 Å². The van der Waals surface area contributed by atoms with Gasteiger partial charge in [-0.2, -0.15) is 5.10 Å².